The van der Waals surface area contributed by atoms with E-state index in [-0.39, 0.29) is 45.0 Å². The van der Waals surface area contributed by atoms with Gasteiger partial charge >= 0.3 is 12.2 Å². The van der Waals surface area contributed by atoms with Crippen LogP contribution in [-0.2, 0) is 9.47 Å². The quantitative estimate of drug-likeness (QED) is 0.207. The van der Waals surface area contributed by atoms with Crippen LogP contribution in [0.3, 0.4) is 0 Å². The maximum absolute atomic E-state index is 14.4. The van der Waals surface area contributed by atoms with Crippen molar-refractivity contribution >= 4 is 50.2 Å². The van der Waals surface area contributed by atoms with E-state index in [2.05, 4.69) is 31.8 Å². The summed E-state index contributed by atoms with van der Waals surface area (Å²) in [6.45, 7) is 10.6. The molecule has 50 heavy (non-hydrogen) atoms. The van der Waals surface area contributed by atoms with Crippen molar-refractivity contribution in [2.24, 2.45) is 0 Å². The summed E-state index contributed by atoms with van der Waals surface area (Å²) >= 11 is 0. The van der Waals surface area contributed by atoms with Gasteiger partial charge in [-0.25, -0.2) is 28.3 Å². The molecule has 2 fully saturated rings. The van der Waals surface area contributed by atoms with Crippen molar-refractivity contribution in [2.45, 2.75) is 90.0 Å². The van der Waals surface area contributed by atoms with Gasteiger partial charge in [0, 0.05) is 24.1 Å². The van der Waals surface area contributed by atoms with Crippen LogP contribution in [-0.4, -0.2) is 72.1 Å². The highest BCUT2D eigenvalue weighted by Crippen LogP contribution is 2.41. The first kappa shape index (κ1) is 38.6. The standard InChI is InChI=1S/C36H40F2N6O4.2H2S/c1-34(2,3)47-32(45)43-17-7-8-28(43)30-39-20-27(42-30)24-14-11-22(12-15-24)9-10-23-13-16-25-26(18-23)41-31(40-25)29-19-36(37,38)21-44(29)33(46)48-35(4,5)6;;/h11-16,18,20,28-29H,7-8,17,19,21H2,1-6H3,(H,39,42)(H,40,41);2*1H2/t28-,29-;;/m0../s1. The molecule has 6 rings (SSSR count). The van der Waals surface area contributed by atoms with E-state index in [1.807, 2.05) is 57.2 Å². The van der Waals surface area contributed by atoms with Crippen molar-refractivity contribution in [3.8, 4) is 23.1 Å². The van der Waals surface area contributed by atoms with Crippen molar-refractivity contribution in [2.75, 3.05) is 13.1 Å². The smallest absolute Gasteiger partial charge is 0.411 e. The minimum Gasteiger partial charge on any atom is -0.444 e. The summed E-state index contributed by atoms with van der Waals surface area (Å²) < 4.78 is 39.9. The Hall–Kier alpha value is -4.22. The van der Waals surface area contributed by atoms with Crippen molar-refractivity contribution in [1.29, 1.82) is 0 Å². The molecule has 2 N–H and O–H groups in total. The van der Waals surface area contributed by atoms with Crippen LogP contribution < -0.4 is 0 Å². The van der Waals surface area contributed by atoms with Crippen LogP contribution in [0.4, 0.5) is 18.4 Å². The Labute approximate surface area is 304 Å². The lowest BCUT2D eigenvalue weighted by Gasteiger charge is -2.27. The summed E-state index contributed by atoms with van der Waals surface area (Å²) in [5, 5.41) is 0. The van der Waals surface area contributed by atoms with Crippen LogP contribution in [0.15, 0.2) is 48.7 Å². The number of carbonyl (C=O) groups excluding carboxylic acids is 2. The number of carbonyl (C=O) groups is 2. The van der Waals surface area contributed by atoms with Crippen LogP contribution >= 0.6 is 27.0 Å². The first-order chi connectivity index (χ1) is 22.5. The maximum atomic E-state index is 14.4. The van der Waals surface area contributed by atoms with Gasteiger partial charge in [-0.2, -0.15) is 27.0 Å². The van der Waals surface area contributed by atoms with E-state index in [0.29, 0.717) is 23.1 Å². The van der Waals surface area contributed by atoms with Gasteiger partial charge in [-0.3, -0.25) is 9.80 Å². The number of alkyl halides is 2. The number of rotatable bonds is 3. The molecule has 2 aliphatic heterocycles. The molecule has 0 saturated carbocycles. The van der Waals surface area contributed by atoms with Gasteiger partial charge in [-0.15, -0.1) is 0 Å². The molecule has 14 heteroatoms. The molecule has 2 aliphatic rings. The molecule has 2 aromatic carbocycles. The molecular weight excluding hydrogens is 683 g/mol. The number of amides is 2. The van der Waals surface area contributed by atoms with Crippen molar-refractivity contribution in [1.82, 2.24) is 29.7 Å². The average molecular weight is 727 g/mol. The Morgan fingerprint density at radius 1 is 0.860 bits per heavy atom. The minimum atomic E-state index is -3.05. The van der Waals surface area contributed by atoms with Crippen LogP contribution in [0.1, 0.15) is 95.7 Å². The van der Waals surface area contributed by atoms with Gasteiger partial charge in [0.2, 0.25) is 0 Å². The zero-order valence-electron chi connectivity index (χ0n) is 29.0. The largest absolute Gasteiger partial charge is 0.444 e. The zero-order valence-corrected chi connectivity index (χ0v) is 31.0. The predicted octanol–water partition coefficient (Wildman–Crippen LogP) is 7.97. The first-order valence-corrected chi connectivity index (χ1v) is 16.1. The number of H-pyrrole nitrogens is 2. The monoisotopic (exact) mass is 726 g/mol. The molecule has 268 valence electrons. The molecule has 0 unspecified atom stereocenters. The second-order valence-corrected chi connectivity index (χ2v) is 14.4. The number of aromatic amines is 2. The molecule has 4 aromatic rings. The van der Waals surface area contributed by atoms with E-state index >= 15 is 0 Å². The molecule has 2 aromatic heterocycles. The molecule has 0 radical (unpaired) electrons. The van der Waals surface area contributed by atoms with Gasteiger partial charge in [0.15, 0.2) is 0 Å². The Balaban J connectivity index is 0.00000281. The van der Waals surface area contributed by atoms with Gasteiger partial charge in [0.1, 0.15) is 22.9 Å². The molecule has 0 aliphatic carbocycles. The van der Waals surface area contributed by atoms with Gasteiger partial charge in [0.05, 0.1) is 41.6 Å². The number of nitrogens with one attached hydrogen (secondary N) is 2. The van der Waals surface area contributed by atoms with Crippen LogP contribution in [0.2, 0.25) is 0 Å². The average Bonchev–Trinajstić information content (AvgIpc) is 3.79. The van der Waals surface area contributed by atoms with E-state index in [1.165, 1.54) is 0 Å². The summed E-state index contributed by atoms with van der Waals surface area (Å²) in [6, 6.07) is 12.1. The van der Waals surface area contributed by atoms with Crippen molar-refractivity contribution in [3.63, 3.8) is 0 Å². The van der Waals surface area contributed by atoms with Gasteiger partial charge in [-0.1, -0.05) is 24.0 Å². The zero-order chi connectivity index (χ0) is 34.4. The lowest BCUT2D eigenvalue weighted by atomic mass is 10.1. The minimum absolute atomic E-state index is 0. The second-order valence-electron chi connectivity index (χ2n) is 14.4. The van der Waals surface area contributed by atoms with Crippen molar-refractivity contribution in [3.05, 3.63) is 71.4 Å². The molecule has 2 saturated heterocycles. The number of benzene rings is 2. The Morgan fingerprint density at radius 2 is 1.48 bits per heavy atom. The SMILES string of the molecule is CC(C)(C)OC(=O)N1CCC[C@H]1c1ncc(-c2ccc(C#Cc3ccc4nc([C@@H]5CC(F)(F)CN5C(=O)OC(C)(C)C)[nH]c4c3)cc2)[nH]1.S.S. The predicted molar refractivity (Wildman–Crippen MR) is 197 cm³/mol. The Kier molecular flexibility index (Phi) is 11.2. The fourth-order valence-corrected chi connectivity index (χ4v) is 5.96. The van der Waals surface area contributed by atoms with Gasteiger partial charge in [-0.05, 0) is 90.3 Å². The number of hydrogen-bond donors (Lipinski definition) is 2. The van der Waals surface area contributed by atoms with Crippen LogP contribution in [0.25, 0.3) is 22.3 Å². The van der Waals surface area contributed by atoms with E-state index in [9.17, 15) is 18.4 Å². The lowest BCUT2D eigenvalue weighted by molar-refractivity contribution is -0.00248. The number of ether oxygens (including phenoxy) is 2. The topological polar surface area (TPSA) is 116 Å². The Bertz CT molecular complexity index is 1900. The number of halogens is 2. The Morgan fingerprint density at radius 3 is 2.14 bits per heavy atom. The van der Waals surface area contributed by atoms with Gasteiger partial charge < -0.3 is 19.4 Å². The highest BCUT2D eigenvalue weighted by molar-refractivity contribution is 7.59. The summed E-state index contributed by atoms with van der Waals surface area (Å²) in [4.78, 5) is 43.9. The molecule has 2 atom stereocenters. The van der Waals surface area contributed by atoms with Crippen LogP contribution in [0, 0.1) is 11.8 Å². The van der Waals surface area contributed by atoms with E-state index in [1.54, 1.807) is 37.9 Å². The number of imidazole rings is 2. The number of nitrogens with zero attached hydrogens (tertiary/aromatic N) is 4. The molecule has 0 bridgehead atoms. The first-order valence-electron chi connectivity index (χ1n) is 16.1. The fraction of sp³-hybridized carbons (Fsp3) is 0.444. The normalized spacial score (nSPS) is 18.6. The second kappa shape index (κ2) is 14.6. The molecule has 10 nitrogen and oxygen atoms in total. The lowest BCUT2D eigenvalue weighted by Crippen LogP contribution is -2.38. The third-order valence-electron chi connectivity index (χ3n) is 8.05. The highest BCUT2D eigenvalue weighted by Gasteiger charge is 2.50. The number of hydrogen-bond acceptors (Lipinski definition) is 6. The number of fused-ring (bicyclic) bond motifs is 1. The summed E-state index contributed by atoms with van der Waals surface area (Å²) in [5.41, 5.74) is 3.13. The van der Waals surface area contributed by atoms with Crippen LogP contribution in [0.5, 0.6) is 0 Å². The van der Waals surface area contributed by atoms with Crippen molar-refractivity contribution < 1.29 is 27.8 Å². The maximum Gasteiger partial charge on any atom is 0.411 e. The van der Waals surface area contributed by atoms with E-state index in [0.717, 1.165) is 40.4 Å². The third-order valence-corrected chi connectivity index (χ3v) is 8.05. The molecule has 4 heterocycles. The third kappa shape index (κ3) is 8.92. The van der Waals surface area contributed by atoms with E-state index in [4.69, 9.17) is 9.47 Å². The van der Waals surface area contributed by atoms with E-state index < -0.39 is 42.2 Å². The fourth-order valence-electron chi connectivity index (χ4n) is 5.96. The van der Waals surface area contributed by atoms with Gasteiger partial charge in [0.25, 0.3) is 5.92 Å². The molecule has 2 amide bonds. The highest BCUT2D eigenvalue weighted by atomic mass is 32.1. The molecular formula is C36H44F2N6O4S2. The molecule has 0 spiro atoms. The number of aromatic nitrogens is 4. The summed E-state index contributed by atoms with van der Waals surface area (Å²) in [5.74, 6) is 4.29. The summed E-state index contributed by atoms with van der Waals surface area (Å²) in [7, 11) is 0. The number of likely N-dealkylation sites (tertiary alicyclic amines) is 2. The summed E-state index contributed by atoms with van der Waals surface area (Å²) in [6.07, 6.45) is 1.80.